The summed E-state index contributed by atoms with van der Waals surface area (Å²) in [5.74, 6) is 1.09. The van der Waals surface area contributed by atoms with Crippen LogP contribution in [0.4, 0.5) is 11.5 Å². The van der Waals surface area contributed by atoms with Crippen LogP contribution in [0.15, 0.2) is 79.2 Å². The molecule has 206 valence electrons. The fourth-order valence-corrected chi connectivity index (χ4v) is 4.05. The number of anilines is 2. The minimum Gasteiger partial charge on any atom is -0.591 e. The van der Waals surface area contributed by atoms with Gasteiger partial charge in [-0.25, -0.2) is 28.1 Å². The van der Waals surface area contributed by atoms with Gasteiger partial charge in [-0.15, -0.1) is 0 Å². The van der Waals surface area contributed by atoms with Crippen molar-refractivity contribution in [2.24, 2.45) is 0 Å². The number of carbonyl (C=O) groups is 1. The van der Waals surface area contributed by atoms with E-state index in [2.05, 4.69) is 41.9 Å². The molecule has 13 heteroatoms. The third kappa shape index (κ3) is 7.15. The summed E-state index contributed by atoms with van der Waals surface area (Å²) in [6, 6.07) is 12.4. The highest BCUT2D eigenvalue weighted by atomic mass is 32.2. The molecule has 1 atom stereocenters. The van der Waals surface area contributed by atoms with Crippen LogP contribution in [-0.2, 0) is 16.6 Å². The standard InChI is InChI=1S/C27H27N7O5S/c1-4-40(37,38)31-16-25-29-12-20(13-30-25)27(36)33-21-7-5-6-18(10-21)17(2)32-26-15-28-14-22(34-26)19-8-9-23(35)24(11-19)39-3/h4-15,17,31,35H,1,16H2,2-3H3,(H,32,34)(H,33,36)/p+1. The van der Waals surface area contributed by atoms with Crippen LogP contribution in [0.2, 0.25) is 0 Å². The highest BCUT2D eigenvalue weighted by molar-refractivity contribution is 7.92. The Morgan fingerprint density at radius 3 is 2.62 bits per heavy atom. The van der Waals surface area contributed by atoms with Crippen molar-refractivity contribution >= 4 is 27.4 Å². The molecule has 0 saturated heterocycles. The van der Waals surface area contributed by atoms with Gasteiger partial charge in [-0.3, -0.25) is 9.78 Å². The largest absolute Gasteiger partial charge is 0.591 e. The number of hydrogen-bond acceptors (Lipinski definition) is 9. The first-order valence-electron chi connectivity index (χ1n) is 12.0. The number of nitrogens with zero attached hydrogens (tertiary/aromatic N) is 4. The van der Waals surface area contributed by atoms with Gasteiger partial charge in [0.05, 0.1) is 43.3 Å². The molecule has 2 aromatic heterocycles. The SMILES string of the molecule is C=CS(=O)(=O)NCc1ncc(C(=O)Nc2cccc(C(C)Nc3cncc(-c4ccc([OH2+])c(OC)c4)n3)c2)cn1. The third-order valence-corrected chi connectivity index (χ3v) is 6.74. The van der Waals surface area contributed by atoms with Crippen LogP contribution in [0, 0.1) is 0 Å². The van der Waals surface area contributed by atoms with Crippen LogP contribution in [0.3, 0.4) is 0 Å². The fourth-order valence-electron chi connectivity index (χ4n) is 3.61. The molecule has 0 bridgehead atoms. The second kappa shape index (κ2) is 12.3. The molecular weight excluding hydrogens is 534 g/mol. The van der Waals surface area contributed by atoms with Gasteiger partial charge in [0.25, 0.3) is 11.7 Å². The zero-order chi connectivity index (χ0) is 28.7. The Bertz CT molecular complexity index is 1630. The van der Waals surface area contributed by atoms with Crippen LogP contribution >= 0.6 is 0 Å². The summed E-state index contributed by atoms with van der Waals surface area (Å²) in [5.41, 5.74) is 3.08. The van der Waals surface area contributed by atoms with E-state index in [0.717, 1.165) is 16.5 Å². The van der Waals surface area contributed by atoms with Crippen molar-refractivity contribution in [2.75, 3.05) is 17.7 Å². The molecule has 4 aromatic rings. The van der Waals surface area contributed by atoms with Crippen LogP contribution in [-0.4, -0.2) is 46.5 Å². The van der Waals surface area contributed by atoms with E-state index < -0.39 is 15.9 Å². The number of amides is 1. The lowest BCUT2D eigenvalue weighted by atomic mass is 10.1. The van der Waals surface area contributed by atoms with Crippen molar-refractivity contribution in [3.8, 4) is 22.8 Å². The molecule has 0 fully saturated rings. The normalized spacial score (nSPS) is 11.8. The Labute approximate surface area is 231 Å². The number of carbonyl (C=O) groups excluding carboxylic acids is 1. The van der Waals surface area contributed by atoms with E-state index in [1.807, 2.05) is 25.1 Å². The zero-order valence-corrected chi connectivity index (χ0v) is 22.6. The van der Waals surface area contributed by atoms with Crippen molar-refractivity contribution in [2.45, 2.75) is 19.5 Å². The maximum Gasteiger partial charge on any atom is 0.296 e. The molecule has 0 radical (unpaired) electrons. The lowest BCUT2D eigenvalue weighted by molar-refractivity contribution is 0.102. The number of hydrogen-bond donors (Lipinski definition) is 3. The van der Waals surface area contributed by atoms with Gasteiger partial charge in [0, 0.05) is 35.1 Å². The number of sulfonamides is 1. The monoisotopic (exact) mass is 562 g/mol. The second-order valence-corrected chi connectivity index (χ2v) is 10.3. The first-order valence-corrected chi connectivity index (χ1v) is 13.5. The number of ether oxygens (including phenoxy) is 1. The quantitative estimate of drug-likeness (QED) is 0.232. The van der Waals surface area contributed by atoms with Crippen LogP contribution < -0.4 is 20.1 Å². The molecule has 1 unspecified atom stereocenters. The average molecular weight is 563 g/mol. The van der Waals surface area contributed by atoms with Gasteiger partial charge in [0.1, 0.15) is 11.6 Å². The number of rotatable bonds is 11. The molecule has 40 heavy (non-hydrogen) atoms. The van der Waals surface area contributed by atoms with Gasteiger partial charge in [-0.05, 0) is 36.8 Å². The Balaban J connectivity index is 1.41. The van der Waals surface area contributed by atoms with Gasteiger partial charge in [-0.1, -0.05) is 18.7 Å². The molecule has 2 aromatic carbocycles. The number of nitrogens with one attached hydrogen (secondary N) is 3. The van der Waals surface area contributed by atoms with E-state index in [9.17, 15) is 13.2 Å². The maximum absolute atomic E-state index is 12.7. The minimum absolute atomic E-state index is 0.123. The van der Waals surface area contributed by atoms with Gasteiger partial charge < -0.3 is 20.5 Å². The van der Waals surface area contributed by atoms with Gasteiger partial charge in [-0.2, -0.15) is 0 Å². The number of benzene rings is 2. The van der Waals surface area contributed by atoms with Gasteiger partial charge in [0.2, 0.25) is 15.8 Å². The van der Waals surface area contributed by atoms with Crippen LogP contribution in [0.1, 0.15) is 34.7 Å². The predicted octanol–water partition coefficient (Wildman–Crippen LogP) is 3.37. The second-order valence-electron chi connectivity index (χ2n) is 8.57. The maximum atomic E-state index is 12.7. The molecule has 2 heterocycles. The Morgan fingerprint density at radius 2 is 1.90 bits per heavy atom. The lowest BCUT2D eigenvalue weighted by Gasteiger charge is -2.16. The van der Waals surface area contributed by atoms with Crippen molar-refractivity contribution < 1.29 is 23.1 Å². The van der Waals surface area contributed by atoms with Crippen LogP contribution in [0.25, 0.3) is 11.3 Å². The van der Waals surface area contributed by atoms with E-state index in [1.165, 1.54) is 19.5 Å². The lowest BCUT2D eigenvalue weighted by Crippen LogP contribution is -2.22. The highest BCUT2D eigenvalue weighted by Crippen LogP contribution is 2.31. The van der Waals surface area contributed by atoms with E-state index in [1.54, 1.807) is 36.7 Å². The molecule has 12 nitrogen and oxygen atoms in total. The third-order valence-electron chi connectivity index (χ3n) is 5.76. The molecule has 0 saturated carbocycles. The molecule has 1 amide bonds. The van der Waals surface area contributed by atoms with Gasteiger partial charge >= 0.3 is 0 Å². The molecule has 4 rings (SSSR count). The molecule has 0 spiro atoms. The smallest absolute Gasteiger partial charge is 0.296 e. The van der Waals surface area contributed by atoms with Crippen molar-refractivity contribution in [1.29, 1.82) is 0 Å². The summed E-state index contributed by atoms with van der Waals surface area (Å²) >= 11 is 0. The van der Waals surface area contributed by atoms with Crippen molar-refractivity contribution in [3.05, 3.63) is 96.2 Å². The summed E-state index contributed by atoms with van der Waals surface area (Å²) in [7, 11) is -2.09. The van der Waals surface area contributed by atoms with E-state index in [-0.39, 0.29) is 29.7 Å². The van der Waals surface area contributed by atoms with Crippen LogP contribution in [0.5, 0.6) is 11.5 Å². The summed E-state index contributed by atoms with van der Waals surface area (Å²) in [4.78, 5) is 29.7. The average Bonchev–Trinajstić information content (AvgIpc) is 2.97. The first-order chi connectivity index (χ1) is 19.2. The Morgan fingerprint density at radius 1 is 1.12 bits per heavy atom. The summed E-state index contributed by atoms with van der Waals surface area (Å²) in [6.07, 6.45) is 5.91. The zero-order valence-electron chi connectivity index (χ0n) is 21.7. The molecule has 0 aliphatic carbocycles. The number of aromatic nitrogens is 4. The minimum atomic E-state index is -3.60. The van der Waals surface area contributed by atoms with E-state index in [0.29, 0.717) is 22.9 Å². The highest BCUT2D eigenvalue weighted by Gasteiger charge is 2.13. The van der Waals surface area contributed by atoms with E-state index >= 15 is 0 Å². The fraction of sp³-hybridized carbons (Fsp3) is 0.148. The van der Waals surface area contributed by atoms with Crippen molar-refractivity contribution in [3.63, 3.8) is 0 Å². The molecular formula is C27H28N7O5S+. The first kappa shape index (κ1) is 28.1. The molecule has 0 aliphatic heterocycles. The number of methoxy groups -OCH3 is 1. The summed E-state index contributed by atoms with van der Waals surface area (Å²) in [6.45, 7) is 5.05. The summed E-state index contributed by atoms with van der Waals surface area (Å²) in [5, 5.41) is 14.8. The van der Waals surface area contributed by atoms with Crippen molar-refractivity contribution in [1.82, 2.24) is 24.7 Å². The topological polar surface area (TPSA) is 171 Å². The summed E-state index contributed by atoms with van der Waals surface area (Å²) < 4.78 is 30.4. The Kier molecular flexibility index (Phi) is 8.67. The van der Waals surface area contributed by atoms with E-state index in [4.69, 9.17) is 9.84 Å². The molecule has 5 N–H and O–H groups in total. The predicted molar refractivity (Wildman–Crippen MR) is 152 cm³/mol. The molecule has 0 aliphatic rings. The Hall–Kier alpha value is -4.88. The van der Waals surface area contributed by atoms with Gasteiger partial charge in [0.15, 0.2) is 0 Å².